The summed E-state index contributed by atoms with van der Waals surface area (Å²) in [4.78, 5) is 42.8. The summed E-state index contributed by atoms with van der Waals surface area (Å²) in [5.41, 5.74) is 2.99. The van der Waals surface area contributed by atoms with Crippen LogP contribution in [0.1, 0.15) is 66.4 Å². The Morgan fingerprint density at radius 3 is 2.58 bits per heavy atom. The monoisotopic (exact) mass is 509 g/mol. The Bertz CT molecular complexity index is 1380. The van der Waals surface area contributed by atoms with Crippen molar-refractivity contribution >= 4 is 23.2 Å². The van der Waals surface area contributed by atoms with Crippen LogP contribution in [0.3, 0.4) is 0 Å². The number of carbonyl (C=O) groups is 2. The molecule has 9 heteroatoms. The van der Waals surface area contributed by atoms with E-state index in [0.717, 1.165) is 27.3 Å². The van der Waals surface area contributed by atoms with Gasteiger partial charge in [0, 0.05) is 42.2 Å². The van der Waals surface area contributed by atoms with Gasteiger partial charge < -0.3 is 19.4 Å². The Hall–Kier alpha value is -3.46. The molecule has 1 N–H and O–H groups in total. The molecule has 0 spiro atoms. The normalized spacial score (nSPS) is 14.6. The quantitative estimate of drug-likeness (QED) is 0.483. The van der Waals surface area contributed by atoms with Gasteiger partial charge in [0.1, 0.15) is 11.3 Å². The van der Waals surface area contributed by atoms with Gasteiger partial charge >= 0.3 is 5.97 Å². The fourth-order valence-electron chi connectivity index (χ4n) is 4.55. The number of thiazole rings is 1. The number of pyridine rings is 1. The third kappa shape index (κ3) is 4.67. The number of rotatable bonds is 6. The van der Waals surface area contributed by atoms with Crippen LogP contribution in [0.5, 0.6) is 5.75 Å². The zero-order chi connectivity index (χ0) is 26.2. The minimum Gasteiger partial charge on any atom is -0.496 e. The number of nitrogens with zero attached hydrogens (tertiary/aromatic N) is 2. The average molecular weight is 510 g/mol. The molecule has 1 atom stereocenters. The Balaban J connectivity index is 1.89. The van der Waals surface area contributed by atoms with Gasteiger partial charge in [-0.05, 0) is 43.4 Å². The molecular formula is C27H31N3O5S. The third-order valence-electron chi connectivity index (χ3n) is 6.33. The van der Waals surface area contributed by atoms with E-state index in [9.17, 15) is 14.4 Å². The van der Waals surface area contributed by atoms with Crippen molar-refractivity contribution in [1.29, 1.82) is 0 Å². The van der Waals surface area contributed by atoms with Crippen LogP contribution in [0.15, 0.2) is 35.4 Å². The van der Waals surface area contributed by atoms with E-state index in [2.05, 4.69) is 37.1 Å². The highest BCUT2D eigenvalue weighted by Crippen LogP contribution is 2.46. The lowest BCUT2D eigenvalue weighted by molar-refractivity contribution is 0.0523. The summed E-state index contributed by atoms with van der Waals surface area (Å²) in [6.07, 6.45) is 4.01. The van der Waals surface area contributed by atoms with Crippen LogP contribution in [-0.4, -0.2) is 41.7 Å². The van der Waals surface area contributed by atoms with E-state index in [1.54, 1.807) is 26.4 Å². The van der Waals surface area contributed by atoms with Crippen LogP contribution in [0.4, 0.5) is 0 Å². The van der Waals surface area contributed by atoms with Crippen molar-refractivity contribution in [3.05, 3.63) is 57.0 Å². The summed E-state index contributed by atoms with van der Waals surface area (Å²) in [7, 11) is 1.59. The zero-order valence-electron chi connectivity index (χ0n) is 21.4. The molecule has 1 unspecified atom stereocenters. The third-order valence-corrected chi connectivity index (χ3v) is 7.36. The number of methoxy groups -OCH3 is 1. The molecular weight excluding hydrogens is 478 g/mol. The fraction of sp³-hybridized carbons (Fsp3) is 0.407. The van der Waals surface area contributed by atoms with Crippen molar-refractivity contribution in [2.45, 2.75) is 47.1 Å². The number of hydrogen-bond acceptors (Lipinski definition) is 7. The van der Waals surface area contributed by atoms with Crippen molar-refractivity contribution in [3.8, 4) is 27.4 Å². The molecule has 0 radical (unpaired) electrons. The first-order valence-corrected chi connectivity index (χ1v) is 12.8. The van der Waals surface area contributed by atoms with E-state index < -0.39 is 5.97 Å². The molecule has 36 heavy (non-hydrogen) atoms. The smallest absolute Gasteiger partial charge is 0.343 e. The van der Waals surface area contributed by atoms with Crippen LogP contribution < -0.4 is 15.5 Å². The van der Waals surface area contributed by atoms with E-state index in [0.29, 0.717) is 23.7 Å². The number of nitrogens with one attached hydrogen (secondary N) is 1. The first-order valence-electron chi connectivity index (χ1n) is 12.0. The summed E-state index contributed by atoms with van der Waals surface area (Å²) < 4.78 is 12.9. The van der Waals surface area contributed by atoms with Crippen molar-refractivity contribution in [1.82, 2.24) is 14.9 Å². The lowest BCUT2D eigenvalue weighted by atomic mass is 9.78. The zero-order valence-corrected chi connectivity index (χ0v) is 22.2. The molecule has 1 aliphatic heterocycles. The number of aromatic nitrogens is 2. The van der Waals surface area contributed by atoms with Gasteiger partial charge in [0.25, 0.3) is 5.91 Å². The maximum atomic E-state index is 12.9. The topological polar surface area (TPSA) is 99.5 Å². The molecule has 3 aromatic rings. The predicted octanol–water partition coefficient (Wildman–Crippen LogP) is 4.72. The second kappa shape index (κ2) is 9.89. The standard InChI is InChI=1S/C27H31N3O5S/c1-7-28-24(32)25-29-13-22(36-25)17-9-15-10-23(27(3,4)5)30-14-18(26(33)35-8-2)20(31)12-19(30)16(15)11-21(17)34-6/h9,11-14,23H,7-8,10H2,1-6H3,(H,28,32). The lowest BCUT2D eigenvalue weighted by Gasteiger charge is -2.39. The number of benzene rings is 1. The van der Waals surface area contributed by atoms with E-state index in [4.69, 9.17) is 9.47 Å². The Labute approximate surface area is 214 Å². The highest BCUT2D eigenvalue weighted by molar-refractivity contribution is 7.17. The van der Waals surface area contributed by atoms with E-state index in [-0.39, 0.29) is 35.0 Å². The molecule has 1 amide bonds. The molecule has 2 aromatic heterocycles. The molecule has 190 valence electrons. The van der Waals surface area contributed by atoms with Crippen molar-refractivity contribution < 1.29 is 19.1 Å². The second-order valence-corrected chi connectivity index (χ2v) is 10.8. The van der Waals surface area contributed by atoms with Crippen LogP contribution in [0.2, 0.25) is 0 Å². The molecule has 4 rings (SSSR count). The van der Waals surface area contributed by atoms with Gasteiger partial charge in [-0.15, -0.1) is 11.3 Å². The molecule has 0 fully saturated rings. The van der Waals surface area contributed by atoms with Crippen molar-refractivity contribution in [2.75, 3.05) is 20.3 Å². The first-order chi connectivity index (χ1) is 17.1. The molecule has 0 aliphatic carbocycles. The van der Waals surface area contributed by atoms with E-state index in [1.807, 2.05) is 17.6 Å². The van der Waals surface area contributed by atoms with Crippen molar-refractivity contribution in [2.24, 2.45) is 5.41 Å². The minimum absolute atomic E-state index is 0.0117. The van der Waals surface area contributed by atoms with Crippen molar-refractivity contribution in [3.63, 3.8) is 0 Å². The largest absolute Gasteiger partial charge is 0.496 e. The predicted molar refractivity (Wildman–Crippen MR) is 140 cm³/mol. The molecule has 1 aromatic carbocycles. The summed E-state index contributed by atoms with van der Waals surface area (Å²) in [5.74, 6) is -0.205. The molecule has 0 saturated heterocycles. The fourth-order valence-corrected chi connectivity index (χ4v) is 5.40. The van der Waals surface area contributed by atoms with Gasteiger partial charge in [-0.3, -0.25) is 9.59 Å². The van der Waals surface area contributed by atoms with E-state index in [1.165, 1.54) is 17.4 Å². The summed E-state index contributed by atoms with van der Waals surface area (Å²) in [5, 5.41) is 3.17. The van der Waals surface area contributed by atoms with Gasteiger partial charge in [0.05, 0.1) is 24.3 Å². The molecule has 3 heterocycles. The van der Waals surface area contributed by atoms with E-state index >= 15 is 0 Å². The number of amides is 1. The number of carbonyl (C=O) groups excluding carboxylic acids is 2. The molecule has 8 nitrogen and oxygen atoms in total. The number of esters is 1. The van der Waals surface area contributed by atoms with Crippen LogP contribution in [-0.2, 0) is 11.2 Å². The van der Waals surface area contributed by atoms with Gasteiger partial charge in [-0.25, -0.2) is 9.78 Å². The van der Waals surface area contributed by atoms with Gasteiger partial charge in [-0.2, -0.15) is 0 Å². The van der Waals surface area contributed by atoms with Gasteiger partial charge in [0.2, 0.25) is 0 Å². The highest BCUT2D eigenvalue weighted by Gasteiger charge is 2.34. The van der Waals surface area contributed by atoms with Crippen LogP contribution >= 0.6 is 11.3 Å². The number of hydrogen-bond donors (Lipinski definition) is 1. The Morgan fingerprint density at radius 1 is 1.19 bits per heavy atom. The van der Waals surface area contributed by atoms with Gasteiger partial charge in [0.15, 0.2) is 10.4 Å². The lowest BCUT2D eigenvalue weighted by Crippen LogP contribution is -2.33. The highest BCUT2D eigenvalue weighted by atomic mass is 32.1. The number of ether oxygens (including phenoxy) is 2. The molecule has 1 aliphatic rings. The van der Waals surface area contributed by atoms with Gasteiger partial charge in [-0.1, -0.05) is 20.8 Å². The summed E-state index contributed by atoms with van der Waals surface area (Å²) in [6.45, 7) is 10.7. The summed E-state index contributed by atoms with van der Waals surface area (Å²) >= 11 is 1.31. The van der Waals surface area contributed by atoms with Crippen LogP contribution in [0, 0.1) is 5.41 Å². The Kier molecular flexibility index (Phi) is 7.04. The Morgan fingerprint density at radius 2 is 1.94 bits per heavy atom. The summed E-state index contributed by atoms with van der Waals surface area (Å²) in [6, 6.07) is 5.49. The first kappa shape index (κ1) is 25.6. The second-order valence-electron chi connectivity index (χ2n) is 9.75. The maximum Gasteiger partial charge on any atom is 0.343 e. The maximum absolute atomic E-state index is 12.9. The SMILES string of the molecule is CCNC(=O)c1ncc(-c2cc3c(cc2OC)-c2cc(=O)c(C(=O)OCC)cn2C(C(C)(C)C)C3)s1. The average Bonchev–Trinajstić information content (AvgIpc) is 3.32. The molecule has 0 saturated carbocycles. The minimum atomic E-state index is -0.614. The van der Waals surface area contributed by atoms with Crippen LogP contribution in [0.25, 0.3) is 21.7 Å². The molecule has 0 bridgehead atoms. The number of fused-ring (bicyclic) bond motifs is 3.